The molecule has 0 radical (unpaired) electrons. The summed E-state index contributed by atoms with van der Waals surface area (Å²) in [5.74, 6) is 1.11. The van der Waals surface area contributed by atoms with Crippen molar-refractivity contribution in [3.05, 3.63) is 41.0 Å². The highest BCUT2D eigenvalue weighted by molar-refractivity contribution is 7.15. The number of anilines is 1. The van der Waals surface area contributed by atoms with Crippen molar-refractivity contribution in [1.29, 1.82) is 0 Å². The van der Waals surface area contributed by atoms with Crippen molar-refractivity contribution >= 4 is 28.1 Å². The summed E-state index contributed by atoms with van der Waals surface area (Å²) in [5, 5.41) is 3.99. The van der Waals surface area contributed by atoms with Gasteiger partial charge in [0.15, 0.2) is 5.82 Å². The van der Waals surface area contributed by atoms with Crippen LogP contribution in [0.4, 0.5) is 10.2 Å². The Kier molecular flexibility index (Phi) is 3.84. The van der Waals surface area contributed by atoms with E-state index in [0.29, 0.717) is 11.6 Å². The van der Waals surface area contributed by atoms with Crippen LogP contribution in [0.25, 0.3) is 21.6 Å². The summed E-state index contributed by atoms with van der Waals surface area (Å²) in [5.41, 5.74) is 0.756. The van der Waals surface area contributed by atoms with Crippen LogP contribution in [0, 0.1) is 12.7 Å². The third-order valence-electron chi connectivity index (χ3n) is 3.16. The van der Waals surface area contributed by atoms with E-state index in [1.165, 1.54) is 17.0 Å². The molecular formula is C16H16FN3S. The number of benzene rings is 1. The average Bonchev–Trinajstić information content (AvgIpc) is 2.91. The lowest BCUT2D eigenvalue weighted by Gasteiger charge is -2.09. The molecule has 1 aromatic carbocycles. The molecule has 3 aromatic rings. The van der Waals surface area contributed by atoms with Gasteiger partial charge in [0, 0.05) is 16.8 Å². The fourth-order valence-corrected chi connectivity index (χ4v) is 2.95. The van der Waals surface area contributed by atoms with Crippen LogP contribution >= 0.6 is 11.3 Å². The highest BCUT2D eigenvalue weighted by atomic mass is 32.1. The first kappa shape index (κ1) is 13.9. The first-order valence-electron chi connectivity index (χ1n) is 6.95. The number of nitrogens with zero attached hydrogens (tertiary/aromatic N) is 2. The second-order valence-electron chi connectivity index (χ2n) is 4.89. The third-order valence-corrected chi connectivity index (χ3v) is 4.16. The molecule has 1 N–H and O–H groups in total. The largest absolute Gasteiger partial charge is 0.369 e. The molecule has 0 fully saturated rings. The fraction of sp³-hybridized carbons (Fsp3) is 0.250. The second kappa shape index (κ2) is 5.77. The minimum Gasteiger partial charge on any atom is -0.369 e. The van der Waals surface area contributed by atoms with Gasteiger partial charge in [-0.1, -0.05) is 6.92 Å². The molecule has 21 heavy (non-hydrogen) atoms. The summed E-state index contributed by atoms with van der Waals surface area (Å²) in [6, 6.07) is 8.69. The van der Waals surface area contributed by atoms with Gasteiger partial charge in [-0.05, 0) is 43.7 Å². The van der Waals surface area contributed by atoms with Crippen LogP contribution in [0.15, 0.2) is 30.3 Å². The van der Waals surface area contributed by atoms with Gasteiger partial charge in [-0.2, -0.15) is 0 Å². The number of hydrogen-bond acceptors (Lipinski definition) is 4. The van der Waals surface area contributed by atoms with E-state index in [0.717, 1.165) is 28.7 Å². The quantitative estimate of drug-likeness (QED) is 0.763. The number of rotatable bonds is 4. The van der Waals surface area contributed by atoms with Gasteiger partial charge < -0.3 is 5.32 Å². The van der Waals surface area contributed by atoms with Gasteiger partial charge in [-0.25, -0.2) is 14.4 Å². The van der Waals surface area contributed by atoms with E-state index in [-0.39, 0.29) is 5.82 Å². The number of hydrogen-bond donors (Lipinski definition) is 1. The molecule has 0 unspecified atom stereocenters. The molecule has 5 heteroatoms. The number of aromatic nitrogens is 2. The molecule has 0 aliphatic heterocycles. The van der Waals surface area contributed by atoms with Crippen molar-refractivity contribution in [1.82, 2.24) is 9.97 Å². The molecule has 2 aromatic heterocycles. The van der Waals surface area contributed by atoms with Crippen LogP contribution in [0.1, 0.15) is 18.2 Å². The Morgan fingerprint density at radius 3 is 2.76 bits per heavy atom. The SMILES string of the molecule is CCCNc1nc(-c2ccc(C)s2)nc2ccc(F)cc12. The van der Waals surface area contributed by atoms with Crippen molar-refractivity contribution in [3.63, 3.8) is 0 Å². The van der Waals surface area contributed by atoms with Gasteiger partial charge in [0.2, 0.25) is 0 Å². The summed E-state index contributed by atoms with van der Waals surface area (Å²) >= 11 is 1.66. The van der Waals surface area contributed by atoms with E-state index in [1.807, 2.05) is 6.07 Å². The van der Waals surface area contributed by atoms with Gasteiger partial charge >= 0.3 is 0 Å². The predicted molar refractivity (Wildman–Crippen MR) is 86.3 cm³/mol. The highest BCUT2D eigenvalue weighted by Gasteiger charge is 2.11. The Morgan fingerprint density at radius 1 is 1.19 bits per heavy atom. The summed E-state index contributed by atoms with van der Waals surface area (Å²) in [6.45, 7) is 4.94. The maximum Gasteiger partial charge on any atom is 0.172 e. The van der Waals surface area contributed by atoms with Gasteiger partial charge in [-0.15, -0.1) is 11.3 Å². The molecule has 0 aliphatic rings. The molecule has 3 nitrogen and oxygen atoms in total. The lowest BCUT2D eigenvalue weighted by Crippen LogP contribution is -2.04. The third kappa shape index (κ3) is 2.88. The van der Waals surface area contributed by atoms with E-state index in [9.17, 15) is 4.39 Å². The monoisotopic (exact) mass is 301 g/mol. The maximum atomic E-state index is 13.5. The van der Waals surface area contributed by atoms with Gasteiger partial charge in [0.25, 0.3) is 0 Å². The normalized spacial score (nSPS) is 11.0. The van der Waals surface area contributed by atoms with Crippen molar-refractivity contribution in [2.24, 2.45) is 0 Å². The zero-order valence-corrected chi connectivity index (χ0v) is 12.8. The van der Waals surface area contributed by atoms with Crippen molar-refractivity contribution in [2.45, 2.75) is 20.3 Å². The van der Waals surface area contributed by atoms with Gasteiger partial charge in [0.1, 0.15) is 11.6 Å². The molecule has 0 bridgehead atoms. The smallest absolute Gasteiger partial charge is 0.172 e. The number of halogens is 1. The standard InChI is InChI=1S/C16H16FN3S/c1-3-8-18-15-12-9-11(17)5-6-13(12)19-16(20-15)14-7-4-10(2)21-14/h4-7,9H,3,8H2,1-2H3,(H,18,19,20). The lowest BCUT2D eigenvalue weighted by atomic mass is 10.2. The van der Waals surface area contributed by atoms with Gasteiger partial charge in [0.05, 0.1) is 10.4 Å². The Bertz CT molecular complexity index is 782. The van der Waals surface area contributed by atoms with E-state index >= 15 is 0 Å². The summed E-state index contributed by atoms with van der Waals surface area (Å²) in [4.78, 5) is 11.4. The molecule has 2 heterocycles. The fourth-order valence-electron chi connectivity index (χ4n) is 2.14. The first-order chi connectivity index (χ1) is 10.2. The molecule has 0 amide bonds. The Hall–Kier alpha value is -2.01. The molecule has 0 saturated carbocycles. The van der Waals surface area contributed by atoms with Crippen molar-refractivity contribution in [3.8, 4) is 10.7 Å². The number of nitrogens with one attached hydrogen (secondary N) is 1. The summed E-state index contributed by atoms with van der Waals surface area (Å²) in [7, 11) is 0. The van der Waals surface area contributed by atoms with Crippen LogP contribution in [0.2, 0.25) is 0 Å². The topological polar surface area (TPSA) is 37.8 Å². The average molecular weight is 301 g/mol. The molecular weight excluding hydrogens is 285 g/mol. The van der Waals surface area contributed by atoms with Crippen molar-refractivity contribution in [2.75, 3.05) is 11.9 Å². The zero-order valence-electron chi connectivity index (χ0n) is 12.0. The molecule has 108 valence electrons. The van der Waals surface area contributed by atoms with E-state index in [4.69, 9.17) is 0 Å². The van der Waals surface area contributed by atoms with Crippen LogP contribution in [-0.4, -0.2) is 16.5 Å². The molecule has 0 aliphatic carbocycles. The lowest BCUT2D eigenvalue weighted by molar-refractivity contribution is 0.629. The number of aryl methyl sites for hydroxylation is 1. The Morgan fingerprint density at radius 2 is 2.05 bits per heavy atom. The number of thiophene rings is 1. The van der Waals surface area contributed by atoms with Crippen molar-refractivity contribution < 1.29 is 4.39 Å². The summed E-state index contributed by atoms with van der Waals surface area (Å²) < 4.78 is 13.5. The Balaban J connectivity index is 2.16. The first-order valence-corrected chi connectivity index (χ1v) is 7.77. The van der Waals surface area contributed by atoms with Crippen LogP contribution in [-0.2, 0) is 0 Å². The highest BCUT2D eigenvalue weighted by Crippen LogP contribution is 2.29. The second-order valence-corrected chi connectivity index (χ2v) is 6.18. The minimum absolute atomic E-state index is 0.273. The predicted octanol–water partition coefficient (Wildman–Crippen LogP) is 4.63. The van der Waals surface area contributed by atoms with E-state index in [1.54, 1.807) is 17.4 Å². The van der Waals surface area contributed by atoms with E-state index in [2.05, 4.69) is 35.2 Å². The molecule has 0 atom stereocenters. The molecule has 0 spiro atoms. The van der Waals surface area contributed by atoms with Crippen LogP contribution in [0.3, 0.4) is 0 Å². The summed E-state index contributed by atoms with van der Waals surface area (Å²) in [6.07, 6.45) is 0.980. The zero-order chi connectivity index (χ0) is 14.8. The Labute approximate surface area is 126 Å². The van der Waals surface area contributed by atoms with Crippen LogP contribution < -0.4 is 5.32 Å². The maximum absolute atomic E-state index is 13.5. The molecule has 0 saturated heterocycles. The molecule has 3 rings (SSSR count). The van der Waals surface area contributed by atoms with Crippen LogP contribution in [0.5, 0.6) is 0 Å². The van der Waals surface area contributed by atoms with E-state index < -0.39 is 0 Å². The minimum atomic E-state index is -0.273. The number of fused-ring (bicyclic) bond motifs is 1. The van der Waals surface area contributed by atoms with Gasteiger partial charge in [-0.3, -0.25) is 0 Å².